The summed E-state index contributed by atoms with van der Waals surface area (Å²) in [5.41, 5.74) is 1.20. The van der Waals surface area contributed by atoms with Gasteiger partial charge in [-0.25, -0.2) is 18.3 Å². The van der Waals surface area contributed by atoms with Gasteiger partial charge in [-0.1, -0.05) is 49.1 Å². The number of hydrogen-bond donors (Lipinski definition) is 0. The van der Waals surface area contributed by atoms with Crippen LogP contribution in [0.4, 0.5) is 8.78 Å². The quantitative estimate of drug-likeness (QED) is 0.227. The van der Waals surface area contributed by atoms with Gasteiger partial charge in [-0.15, -0.1) is 0 Å². The number of carbonyl (C=O) groups is 1. The third-order valence-corrected chi connectivity index (χ3v) is 7.71. The molecule has 0 amide bonds. The zero-order valence-electron chi connectivity index (χ0n) is 21.3. The van der Waals surface area contributed by atoms with Gasteiger partial charge >= 0.3 is 5.97 Å². The number of esters is 1. The van der Waals surface area contributed by atoms with Crippen LogP contribution in [0.3, 0.4) is 0 Å². The van der Waals surface area contributed by atoms with Crippen molar-refractivity contribution in [1.29, 1.82) is 0 Å². The summed E-state index contributed by atoms with van der Waals surface area (Å²) in [5, 5.41) is 5.68. The number of methoxy groups -OCH3 is 1. The Labute approximate surface area is 225 Å². The van der Waals surface area contributed by atoms with Crippen LogP contribution in [0.25, 0.3) is 16.6 Å². The molecule has 1 heterocycles. The van der Waals surface area contributed by atoms with Crippen molar-refractivity contribution in [3.63, 3.8) is 0 Å². The molecule has 1 atom stereocenters. The molecule has 3 aromatic carbocycles. The Kier molecular flexibility index (Phi) is 7.50. The molecular weight excluding hydrogens is 510 g/mol. The maximum atomic E-state index is 14.8. The van der Waals surface area contributed by atoms with E-state index in [0.29, 0.717) is 32.9 Å². The first kappa shape index (κ1) is 26.3. The summed E-state index contributed by atoms with van der Waals surface area (Å²) < 4.78 is 42.8. The van der Waals surface area contributed by atoms with Crippen LogP contribution in [0.2, 0.25) is 5.02 Å². The largest absolute Gasteiger partial charge is 0.462 e. The molecule has 0 saturated heterocycles. The lowest BCUT2D eigenvalue weighted by atomic mass is 9.69. The van der Waals surface area contributed by atoms with Crippen molar-refractivity contribution >= 4 is 28.5 Å². The number of carbonyl (C=O) groups excluding carboxylic acids is 1. The van der Waals surface area contributed by atoms with Crippen molar-refractivity contribution < 1.29 is 23.0 Å². The minimum absolute atomic E-state index is 0.0732. The molecule has 4 aromatic rings. The predicted molar refractivity (Wildman–Crippen MR) is 143 cm³/mol. The third kappa shape index (κ3) is 4.48. The average Bonchev–Trinajstić information content (AvgIpc) is 3.29. The van der Waals surface area contributed by atoms with E-state index in [1.54, 1.807) is 55.1 Å². The number of ether oxygens (including phenoxy) is 2. The molecule has 0 spiro atoms. The van der Waals surface area contributed by atoms with Crippen LogP contribution in [-0.2, 0) is 15.1 Å². The first-order valence-electron chi connectivity index (χ1n) is 12.9. The zero-order valence-corrected chi connectivity index (χ0v) is 22.1. The second-order valence-corrected chi connectivity index (χ2v) is 10.00. The fourth-order valence-corrected chi connectivity index (χ4v) is 5.95. The average molecular weight is 539 g/mol. The van der Waals surface area contributed by atoms with E-state index in [-0.39, 0.29) is 18.0 Å². The van der Waals surface area contributed by atoms with E-state index < -0.39 is 23.2 Å². The Hall–Kier alpha value is -3.29. The molecular formula is C30H29ClF2N2O3. The molecule has 1 unspecified atom stereocenters. The summed E-state index contributed by atoms with van der Waals surface area (Å²) in [6.45, 7) is 1.97. The first-order valence-corrected chi connectivity index (χ1v) is 13.2. The van der Waals surface area contributed by atoms with Gasteiger partial charge in [0.1, 0.15) is 5.60 Å². The van der Waals surface area contributed by atoms with Crippen LogP contribution in [0, 0.1) is 17.6 Å². The number of nitrogens with zero attached hydrogens (tertiary/aromatic N) is 2. The van der Waals surface area contributed by atoms with Crippen LogP contribution in [0.15, 0.2) is 60.7 Å². The van der Waals surface area contributed by atoms with E-state index in [1.165, 1.54) is 6.07 Å². The fraction of sp³-hybridized carbons (Fsp3) is 0.333. The van der Waals surface area contributed by atoms with Crippen molar-refractivity contribution in [3.8, 4) is 5.69 Å². The van der Waals surface area contributed by atoms with Crippen molar-refractivity contribution in [3.05, 3.63) is 94.1 Å². The highest BCUT2D eigenvalue weighted by molar-refractivity contribution is 6.30. The maximum absolute atomic E-state index is 14.8. The second kappa shape index (κ2) is 10.8. The Morgan fingerprint density at radius 2 is 1.74 bits per heavy atom. The summed E-state index contributed by atoms with van der Waals surface area (Å²) in [6.07, 6.45) is 4.69. The van der Waals surface area contributed by atoms with Gasteiger partial charge in [-0.3, -0.25) is 0 Å². The molecule has 8 heteroatoms. The van der Waals surface area contributed by atoms with Crippen LogP contribution in [0.1, 0.15) is 60.6 Å². The Bertz CT molecular complexity index is 1460. The van der Waals surface area contributed by atoms with Gasteiger partial charge in [0, 0.05) is 29.1 Å². The maximum Gasteiger partial charge on any atom is 0.338 e. The molecule has 1 saturated carbocycles. The Morgan fingerprint density at radius 3 is 2.42 bits per heavy atom. The minimum atomic E-state index is -1.22. The molecule has 1 aliphatic rings. The second-order valence-electron chi connectivity index (χ2n) is 9.56. The van der Waals surface area contributed by atoms with Crippen molar-refractivity contribution in [2.24, 2.45) is 5.92 Å². The van der Waals surface area contributed by atoms with E-state index in [9.17, 15) is 13.6 Å². The SMILES string of the molecule is CCOC(=O)c1ccccc1C(OC)(c1c2cc(F)c(F)cc2nn1-c1ccc(Cl)cc1)C1CCCCC1. The lowest BCUT2D eigenvalue weighted by Gasteiger charge is -2.43. The highest BCUT2D eigenvalue weighted by atomic mass is 35.5. The molecule has 5 nitrogen and oxygen atoms in total. The van der Waals surface area contributed by atoms with Gasteiger partial charge in [-0.05, 0) is 62.1 Å². The predicted octanol–water partition coefficient (Wildman–Crippen LogP) is 7.60. The summed E-state index contributed by atoms with van der Waals surface area (Å²) in [5.74, 6) is -2.52. The molecule has 38 heavy (non-hydrogen) atoms. The fourth-order valence-electron chi connectivity index (χ4n) is 5.82. The van der Waals surface area contributed by atoms with Crippen LogP contribution in [-0.4, -0.2) is 29.5 Å². The van der Waals surface area contributed by atoms with Gasteiger partial charge in [0.2, 0.25) is 0 Å². The Morgan fingerprint density at radius 1 is 1.05 bits per heavy atom. The normalized spacial score (nSPS) is 15.9. The number of rotatable bonds is 7. The summed E-state index contributed by atoms with van der Waals surface area (Å²) in [6, 6.07) is 16.5. The van der Waals surface area contributed by atoms with Crippen molar-refractivity contribution in [1.82, 2.24) is 9.78 Å². The van der Waals surface area contributed by atoms with Crippen LogP contribution >= 0.6 is 11.6 Å². The monoisotopic (exact) mass is 538 g/mol. The van der Waals surface area contributed by atoms with E-state index >= 15 is 0 Å². The van der Waals surface area contributed by atoms with Gasteiger partial charge in [-0.2, -0.15) is 5.10 Å². The topological polar surface area (TPSA) is 53.4 Å². The molecule has 1 aliphatic carbocycles. The third-order valence-electron chi connectivity index (χ3n) is 7.46. The molecule has 1 fully saturated rings. The molecule has 198 valence electrons. The van der Waals surface area contributed by atoms with Gasteiger partial charge in [0.25, 0.3) is 0 Å². The first-order chi connectivity index (χ1) is 18.4. The minimum Gasteiger partial charge on any atom is -0.462 e. The summed E-state index contributed by atoms with van der Waals surface area (Å²) in [4.78, 5) is 13.2. The van der Waals surface area contributed by atoms with Crippen molar-refractivity contribution in [2.75, 3.05) is 13.7 Å². The van der Waals surface area contributed by atoms with Crippen LogP contribution < -0.4 is 0 Å². The van der Waals surface area contributed by atoms with Crippen molar-refractivity contribution in [2.45, 2.75) is 44.6 Å². The van der Waals surface area contributed by atoms with E-state index in [2.05, 4.69) is 0 Å². The highest BCUT2D eigenvalue weighted by Crippen LogP contribution is 2.50. The van der Waals surface area contributed by atoms with Gasteiger partial charge in [0.05, 0.1) is 29.1 Å². The molecule has 0 N–H and O–H groups in total. The van der Waals surface area contributed by atoms with Crippen LogP contribution in [0.5, 0.6) is 0 Å². The summed E-state index contributed by atoms with van der Waals surface area (Å²) >= 11 is 6.17. The number of halogens is 3. The number of fused-ring (bicyclic) bond motifs is 1. The number of hydrogen-bond acceptors (Lipinski definition) is 4. The van der Waals surface area contributed by atoms with E-state index in [1.807, 2.05) is 12.1 Å². The smallest absolute Gasteiger partial charge is 0.338 e. The van der Waals surface area contributed by atoms with E-state index in [0.717, 1.165) is 38.2 Å². The zero-order chi connectivity index (χ0) is 26.9. The van der Waals surface area contributed by atoms with Gasteiger partial charge < -0.3 is 9.47 Å². The Balaban J connectivity index is 1.91. The number of benzene rings is 3. The molecule has 5 rings (SSSR count). The lowest BCUT2D eigenvalue weighted by molar-refractivity contribution is -0.0466. The van der Waals surface area contributed by atoms with Gasteiger partial charge in [0.15, 0.2) is 11.6 Å². The highest BCUT2D eigenvalue weighted by Gasteiger charge is 2.49. The molecule has 0 aliphatic heterocycles. The molecule has 0 bridgehead atoms. The van der Waals surface area contributed by atoms with E-state index in [4.69, 9.17) is 26.2 Å². The lowest BCUT2D eigenvalue weighted by Crippen LogP contribution is -2.43. The standard InChI is InChI=1S/C30H29ClF2N2O3/c1-3-38-29(36)22-11-7-8-12-24(22)30(37-2,19-9-5-4-6-10-19)28-23-17-25(32)26(33)18-27(23)34-35(28)21-15-13-20(31)14-16-21/h7-8,11-19H,3-6,9-10H2,1-2H3. The summed E-state index contributed by atoms with van der Waals surface area (Å²) in [7, 11) is 1.60. The number of aromatic nitrogens is 2. The molecule has 0 radical (unpaired) electrons. The molecule has 1 aromatic heterocycles.